The summed E-state index contributed by atoms with van der Waals surface area (Å²) in [5.74, 6) is 0.204. The zero-order chi connectivity index (χ0) is 24.0. The Balaban J connectivity index is 1.14. The van der Waals surface area contributed by atoms with Crippen LogP contribution >= 0.6 is 23.2 Å². The number of halogens is 3. The van der Waals surface area contributed by atoms with Gasteiger partial charge in [0.25, 0.3) is 5.91 Å². The molecule has 0 radical (unpaired) electrons. The third kappa shape index (κ3) is 4.34. The molecule has 0 saturated heterocycles. The molecule has 178 valence electrons. The van der Waals surface area contributed by atoms with Crippen molar-refractivity contribution in [2.24, 2.45) is 11.3 Å². The van der Waals surface area contributed by atoms with Gasteiger partial charge in [0.15, 0.2) is 6.61 Å². The molecule has 2 amide bonds. The fourth-order valence-electron chi connectivity index (χ4n) is 5.06. The Hall–Kier alpha value is -2.77. The summed E-state index contributed by atoms with van der Waals surface area (Å²) in [4.78, 5) is 25.5. The van der Waals surface area contributed by atoms with Crippen molar-refractivity contribution in [1.82, 2.24) is 10.6 Å². The van der Waals surface area contributed by atoms with E-state index in [2.05, 4.69) is 10.6 Å². The summed E-state index contributed by atoms with van der Waals surface area (Å²) >= 11 is 11.7. The smallest absolute Gasteiger partial charge is 0.258 e. The molecule has 3 fully saturated rings. The lowest BCUT2D eigenvalue weighted by Gasteiger charge is -2.37. The molecule has 2 unspecified atom stereocenters. The summed E-state index contributed by atoms with van der Waals surface area (Å²) in [6.07, 6.45) is 2.04. The number of hydrogen-bond acceptors (Lipinski definition) is 4. The molecule has 0 spiro atoms. The molecule has 0 aliphatic heterocycles. The van der Waals surface area contributed by atoms with E-state index < -0.39 is 11.2 Å². The van der Waals surface area contributed by atoms with Crippen LogP contribution in [0.5, 0.6) is 5.75 Å². The van der Waals surface area contributed by atoms with Gasteiger partial charge >= 0.3 is 0 Å². The number of ether oxygens (including phenoxy) is 1. The zero-order valence-corrected chi connectivity index (χ0v) is 19.9. The van der Waals surface area contributed by atoms with Gasteiger partial charge in [-0.25, -0.2) is 4.39 Å². The van der Waals surface area contributed by atoms with Crippen molar-refractivity contribution in [3.8, 4) is 5.75 Å². The minimum atomic E-state index is -0.607. The highest BCUT2D eigenvalue weighted by Gasteiger charge is 2.60. The molecule has 6 rings (SSSR count). The molecule has 2 bridgehead atoms. The highest BCUT2D eigenvalue weighted by atomic mass is 35.5. The first-order valence-electron chi connectivity index (χ1n) is 11.1. The van der Waals surface area contributed by atoms with Gasteiger partial charge < -0.3 is 19.8 Å². The largest absolute Gasteiger partial charge is 0.484 e. The van der Waals surface area contributed by atoms with Crippen LogP contribution in [0.15, 0.2) is 46.9 Å². The first-order valence-corrected chi connectivity index (χ1v) is 11.9. The van der Waals surface area contributed by atoms with E-state index in [4.69, 9.17) is 32.4 Å². The second-order valence-corrected chi connectivity index (χ2v) is 10.1. The van der Waals surface area contributed by atoms with E-state index in [1.807, 2.05) is 25.1 Å². The Morgan fingerprint density at radius 1 is 1.18 bits per heavy atom. The van der Waals surface area contributed by atoms with E-state index in [-0.39, 0.29) is 47.2 Å². The number of amides is 2. The van der Waals surface area contributed by atoms with Crippen LogP contribution in [0.3, 0.4) is 0 Å². The van der Waals surface area contributed by atoms with Gasteiger partial charge in [-0.15, -0.1) is 0 Å². The van der Waals surface area contributed by atoms with Gasteiger partial charge in [-0.3, -0.25) is 9.59 Å². The van der Waals surface area contributed by atoms with Crippen molar-refractivity contribution in [3.63, 3.8) is 0 Å². The van der Waals surface area contributed by atoms with Crippen molar-refractivity contribution in [2.45, 2.75) is 38.3 Å². The summed E-state index contributed by atoms with van der Waals surface area (Å²) in [7, 11) is 0. The summed E-state index contributed by atoms with van der Waals surface area (Å²) in [6, 6.07) is 10.9. The van der Waals surface area contributed by atoms with Crippen LogP contribution in [0.1, 0.15) is 38.0 Å². The molecule has 1 aromatic heterocycles. The Kier molecular flexibility index (Phi) is 5.94. The maximum absolute atomic E-state index is 13.5. The molecule has 1 heterocycles. The van der Waals surface area contributed by atoms with Crippen LogP contribution in [-0.2, 0) is 9.59 Å². The SMILES string of the molecule is CC(NC(=O)C12CC(C1)C(NC(=O)COc1ccc(Cl)c(F)c1)C2)c1cc2cc(Cl)ccc2o1. The topological polar surface area (TPSA) is 80.6 Å². The fourth-order valence-corrected chi connectivity index (χ4v) is 5.36. The monoisotopic (exact) mass is 504 g/mol. The lowest BCUT2D eigenvalue weighted by molar-refractivity contribution is -0.135. The van der Waals surface area contributed by atoms with Crippen molar-refractivity contribution in [1.29, 1.82) is 0 Å². The molecule has 6 nitrogen and oxygen atoms in total. The zero-order valence-electron chi connectivity index (χ0n) is 18.4. The van der Waals surface area contributed by atoms with Gasteiger partial charge in [0.1, 0.15) is 22.9 Å². The van der Waals surface area contributed by atoms with Crippen LogP contribution in [0.25, 0.3) is 11.0 Å². The Morgan fingerprint density at radius 3 is 2.74 bits per heavy atom. The van der Waals surface area contributed by atoms with Crippen molar-refractivity contribution >= 4 is 46.0 Å². The molecule has 9 heteroatoms. The predicted octanol–water partition coefficient (Wildman–Crippen LogP) is 5.42. The van der Waals surface area contributed by atoms with Gasteiger partial charge in [-0.1, -0.05) is 23.2 Å². The van der Waals surface area contributed by atoms with Crippen LogP contribution in [0, 0.1) is 17.2 Å². The first-order chi connectivity index (χ1) is 16.2. The van der Waals surface area contributed by atoms with Crippen LogP contribution in [0.4, 0.5) is 4.39 Å². The number of carbonyl (C=O) groups excluding carboxylic acids is 2. The molecule has 2 N–H and O–H groups in total. The summed E-state index contributed by atoms with van der Waals surface area (Å²) in [5, 5.41) is 7.54. The lowest BCUT2D eigenvalue weighted by atomic mass is 9.69. The normalized spacial score (nSPS) is 23.9. The molecule has 3 aliphatic carbocycles. The number of nitrogens with one attached hydrogen (secondary N) is 2. The number of benzene rings is 2. The second-order valence-electron chi connectivity index (χ2n) is 9.22. The van der Waals surface area contributed by atoms with Crippen molar-refractivity contribution in [3.05, 3.63) is 64.1 Å². The highest BCUT2D eigenvalue weighted by Crippen LogP contribution is 2.59. The van der Waals surface area contributed by atoms with Crippen LogP contribution < -0.4 is 15.4 Å². The maximum Gasteiger partial charge on any atom is 0.258 e. The average Bonchev–Trinajstić information content (AvgIpc) is 3.45. The molecule has 2 aromatic carbocycles. The third-order valence-corrected chi connectivity index (χ3v) is 7.39. The van der Waals surface area contributed by atoms with E-state index in [0.29, 0.717) is 17.2 Å². The number of fused-ring (bicyclic) bond motifs is 2. The first kappa shape index (κ1) is 23.0. The minimum absolute atomic E-state index is 0.00913. The fraction of sp³-hybridized carbons (Fsp3) is 0.360. The molecule has 3 aliphatic rings. The number of carbonyl (C=O) groups is 2. The molecular weight excluding hydrogens is 482 g/mol. The van der Waals surface area contributed by atoms with Gasteiger partial charge in [-0.2, -0.15) is 0 Å². The van der Waals surface area contributed by atoms with Crippen LogP contribution in [-0.4, -0.2) is 24.5 Å². The van der Waals surface area contributed by atoms with Crippen LogP contribution in [0.2, 0.25) is 10.0 Å². The maximum atomic E-state index is 13.5. The Labute approximate surface area is 205 Å². The summed E-state index contributed by atoms with van der Waals surface area (Å²) < 4.78 is 24.7. The van der Waals surface area contributed by atoms with Gasteiger partial charge in [-0.05, 0) is 68.5 Å². The third-order valence-electron chi connectivity index (χ3n) is 6.85. The van der Waals surface area contributed by atoms with Gasteiger partial charge in [0.2, 0.25) is 5.91 Å². The second kappa shape index (κ2) is 8.78. The minimum Gasteiger partial charge on any atom is -0.484 e. The standard InChI is InChI=1S/C25H23Cl2FN2O4/c1-13(22-7-14-6-16(26)2-5-21(14)34-22)29-24(32)25-9-15(10-25)20(11-25)30-23(31)12-33-17-3-4-18(27)19(28)8-17/h2-8,13,15,20H,9-12H2,1H3,(H,29,32)(H,30,31). The van der Waals surface area contributed by atoms with Gasteiger partial charge in [0.05, 0.1) is 16.5 Å². The molecule has 3 saturated carbocycles. The lowest BCUT2D eigenvalue weighted by Crippen LogP contribution is -2.45. The highest BCUT2D eigenvalue weighted by molar-refractivity contribution is 6.31. The molecule has 2 atom stereocenters. The van der Waals surface area contributed by atoms with E-state index in [1.165, 1.54) is 12.1 Å². The van der Waals surface area contributed by atoms with E-state index in [0.717, 1.165) is 29.9 Å². The molecule has 34 heavy (non-hydrogen) atoms. The quantitative estimate of drug-likeness (QED) is 0.450. The Morgan fingerprint density at radius 2 is 1.97 bits per heavy atom. The summed E-state index contributed by atoms with van der Waals surface area (Å²) in [5.41, 5.74) is 0.237. The van der Waals surface area contributed by atoms with Crippen molar-refractivity contribution < 1.29 is 23.1 Å². The Bertz CT molecular complexity index is 1270. The average molecular weight is 505 g/mol. The predicted molar refractivity (Wildman–Crippen MR) is 126 cm³/mol. The number of hydrogen-bond donors (Lipinski definition) is 2. The molecule has 3 aromatic rings. The van der Waals surface area contributed by atoms with E-state index in [1.54, 1.807) is 6.07 Å². The number of rotatable bonds is 7. The molecular formula is C25H23Cl2FN2O4. The number of furan rings is 1. The van der Waals surface area contributed by atoms with E-state index in [9.17, 15) is 14.0 Å². The van der Waals surface area contributed by atoms with E-state index >= 15 is 0 Å². The van der Waals surface area contributed by atoms with Crippen molar-refractivity contribution in [2.75, 3.05) is 6.61 Å². The van der Waals surface area contributed by atoms with Gasteiger partial charge in [0, 0.05) is 22.5 Å². The summed E-state index contributed by atoms with van der Waals surface area (Å²) in [6.45, 7) is 1.64.